The van der Waals surface area contributed by atoms with Crippen LogP contribution in [-0.4, -0.2) is 28.0 Å². The summed E-state index contributed by atoms with van der Waals surface area (Å²) < 4.78 is 30.7. The predicted molar refractivity (Wildman–Crippen MR) is 89.8 cm³/mol. The zero-order chi connectivity index (χ0) is 17.4. The van der Waals surface area contributed by atoms with Crippen molar-refractivity contribution in [1.82, 2.24) is 19.6 Å². The Morgan fingerprint density at radius 1 is 1.30 bits per heavy atom. The maximum atomic E-state index is 12.5. The molecular formula is C15H25N5O2S. The monoisotopic (exact) mass is 339 g/mol. The van der Waals surface area contributed by atoms with Crippen molar-refractivity contribution in [2.75, 3.05) is 4.72 Å². The molecule has 1 N–H and O–H groups in total. The Morgan fingerprint density at radius 2 is 1.96 bits per heavy atom. The van der Waals surface area contributed by atoms with Crippen LogP contribution in [0.3, 0.4) is 0 Å². The van der Waals surface area contributed by atoms with Crippen LogP contribution in [0.25, 0.3) is 0 Å². The molecule has 2 rings (SSSR count). The highest BCUT2D eigenvalue weighted by Gasteiger charge is 2.21. The second kappa shape index (κ2) is 5.99. The quantitative estimate of drug-likeness (QED) is 0.908. The lowest BCUT2D eigenvalue weighted by molar-refractivity contribution is 0.404. The number of hydrogen-bond donors (Lipinski definition) is 1. The van der Waals surface area contributed by atoms with Gasteiger partial charge in [-0.1, -0.05) is 20.8 Å². The molecule has 2 aromatic rings. The first-order chi connectivity index (χ1) is 10.5. The average molecular weight is 339 g/mol. The topological polar surface area (TPSA) is 81.8 Å². The van der Waals surface area contributed by atoms with E-state index in [1.54, 1.807) is 22.5 Å². The lowest BCUT2D eigenvalue weighted by atomic mass is 9.91. The Balaban J connectivity index is 2.23. The summed E-state index contributed by atoms with van der Waals surface area (Å²) in [6.45, 7) is 10.2. The molecule has 0 spiro atoms. The molecule has 0 amide bonds. The summed E-state index contributed by atoms with van der Waals surface area (Å²) in [5.74, 6) is 0.446. The van der Waals surface area contributed by atoms with Gasteiger partial charge in [-0.3, -0.25) is 14.1 Å². The Bertz CT molecular complexity index is 781. The van der Waals surface area contributed by atoms with E-state index in [4.69, 9.17) is 0 Å². The van der Waals surface area contributed by atoms with Gasteiger partial charge in [0, 0.05) is 25.4 Å². The normalized spacial score (nSPS) is 12.8. The predicted octanol–water partition coefficient (Wildman–Crippen LogP) is 2.59. The van der Waals surface area contributed by atoms with Crippen LogP contribution in [0.4, 0.5) is 5.82 Å². The molecule has 2 aromatic heterocycles. The Labute approximate surface area is 137 Å². The lowest BCUT2D eigenvalue weighted by Gasteiger charge is -2.15. The molecule has 8 heteroatoms. The molecule has 2 heterocycles. The van der Waals surface area contributed by atoms with E-state index in [0.29, 0.717) is 5.82 Å². The first kappa shape index (κ1) is 17.5. The van der Waals surface area contributed by atoms with Crippen molar-refractivity contribution in [2.24, 2.45) is 12.5 Å². The Kier molecular flexibility index (Phi) is 4.57. The second-order valence-electron chi connectivity index (χ2n) is 7.24. The number of nitrogens with one attached hydrogen (secondary N) is 1. The van der Waals surface area contributed by atoms with Crippen molar-refractivity contribution in [3.8, 4) is 0 Å². The third-order valence-electron chi connectivity index (χ3n) is 3.30. The number of hydrogen-bond acceptors (Lipinski definition) is 4. The van der Waals surface area contributed by atoms with Crippen LogP contribution >= 0.6 is 0 Å². The number of sulfonamides is 1. The van der Waals surface area contributed by atoms with Crippen molar-refractivity contribution in [2.45, 2.75) is 52.0 Å². The number of aryl methyl sites for hydroxylation is 1. The molecule has 128 valence electrons. The molecule has 0 fully saturated rings. The second-order valence-corrected chi connectivity index (χ2v) is 8.92. The Morgan fingerprint density at radius 3 is 2.48 bits per heavy atom. The van der Waals surface area contributed by atoms with E-state index in [0.717, 1.165) is 12.1 Å². The van der Waals surface area contributed by atoms with Gasteiger partial charge in [0.1, 0.15) is 10.7 Å². The highest BCUT2D eigenvalue weighted by molar-refractivity contribution is 7.92. The maximum Gasteiger partial charge on any atom is 0.266 e. The maximum absolute atomic E-state index is 12.5. The third kappa shape index (κ3) is 4.34. The first-order valence-electron chi connectivity index (χ1n) is 7.58. The van der Waals surface area contributed by atoms with Crippen LogP contribution in [0.2, 0.25) is 0 Å². The summed E-state index contributed by atoms with van der Waals surface area (Å²) in [5, 5.41) is 8.45. The SMILES string of the molecule is CC(C)n1cc(S(=O)(=O)Nc2cc(CC(C)(C)C)nn2C)cn1. The molecule has 0 saturated carbocycles. The van der Waals surface area contributed by atoms with Crippen molar-refractivity contribution in [3.05, 3.63) is 24.2 Å². The highest BCUT2D eigenvalue weighted by Crippen LogP contribution is 2.23. The van der Waals surface area contributed by atoms with Crippen LogP contribution in [-0.2, 0) is 23.5 Å². The van der Waals surface area contributed by atoms with Gasteiger partial charge in [0.15, 0.2) is 0 Å². The molecule has 0 aliphatic heterocycles. The van der Waals surface area contributed by atoms with Crippen molar-refractivity contribution >= 4 is 15.8 Å². The molecule has 0 unspecified atom stereocenters. The van der Waals surface area contributed by atoms with Crippen molar-refractivity contribution in [1.29, 1.82) is 0 Å². The van der Waals surface area contributed by atoms with Crippen molar-refractivity contribution < 1.29 is 8.42 Å². The summed E-state index contributed by atoms with van der Waals surface area (Å²) in [4.78, 5) is 0.143. The van der Waals surface area contributed by atoms with Gasteiger partial charge in [0.05, 0.1) is 11.9 Å². The molecule has 0 atom stereocenters. The Hall–Kier alpha value is -1.83. The van der Waals surface area contributed by atoms with Gasteiger partial charge in [-0.15, -0.1) is 0 Å². The largest absolute Gasteiger partial charge is 0.269 e. The molecule has 7 nitrogen and oxygen atoms in total. The summed E-state index contributed by atoms with van der Waals surface area (Å²) >= 11 is 0. The zero-order valence-electron chi connectivity index (χ0n) is 14.5. The lowest BCUT2D eigenvalue weighted by Crippen LogP contribution is -2.15. The molecular weight excluding hydrogens is 314 g/mol. The van der Waals surface area contributed by atoms with Gasteiger partial charge >= 0.3 is 0 Å². The smallest absolute Gasteiger partial charge is 0.266 e. The molecule has 0 aliphatic carbocycles. The summed E-state index contributed by atoms with van der Waals surface area (Å²) in [5.41, 5.74) is 0.943. The van der Waals surface area contributed by atoms with Gasteiger partial charge < -0.3 is 0 Å². The third-order valence-corrected chi connectivity index (χ3v) is 4.61. The van der Waals surface area contributed by atoms with E-state index in [1.807, 2.05) is 13.8 Å². The van der Waals surface area contributed by atoms with E-state index in [1.165, 1.54) is 12.4 Å². The highest BCUT2D eigenvalue weighted by atomic mass is 32.2. The van der Waals surface area contributed by atoms with Crippen LogP contribution < -0.4 is 4.72 Å². The standard InChI is InChI=1S/C15H25N5O2S/c1-11(2)20-10-13(9-16-20)23(21,22)18-14-7-12(17-19(14)6)8-15(3,4)5/h7,9-11,18H,8H2,1-6H3. The fourth-order valence-corrected chi connectivity index (χ4v) is 3.21. The molecule has 0 aliphatic rings. The van der Waals surface area contributed by atoms with Crippen LogP contribution in [0.1, 0.15) is 46.4 Å². The van der Waals surface area contributed by atoms with Crippen LogP contribution in [0.15, 0.2) is 23.4 Å². The molecule has 0 saturated heterocycles. The van der Waals surface area contributed by atoms with E-state index < -0.39 is 10.0 Å². The average Bonchev–Trinajstić information content (AvgIpc) is 2.95. The van der Waals surface area contributed by atoms with Crippen LogP contribution in [0, 0.1) is 5.41 Å². The molecule has 23 heavy (non-hydrogen) atoms. The number of rotatable bonds is 5. The van der Waals surface area contributed by atoms with Gasteiger partial charge in [-0.2, -0.15) is 10.2 Å². The van der Waals surface area contributed by atoms with Crippen molar-refractivity contribution in [3.63, 3.8) is 0 Å². The van der Waals surface area contributed by atoms with Gasteiger partial charge in [-0.25, -0.2) is 8.42 Å². The fourth-order valence-electron chi connectivity index (χ4n) is 2.19. The molecule has 0 bridgehead atoms. The number of nitrogens with zero attached hydrogens (tertiary/aromatic N) is 4. The van der Waals surface area contributed by atoms with E-state index in [-0.39, 0.29) is 16.4 Å². The number of aromatic nitrogens is 4. The van der Waals surface area contributed by atoms with E-state index >= 15 is 0 Å². The summed E-state index contributed by atoms with van der Waals surface area (Å²) in [7, 11) is -1.95. The summed E-state index contributed by atoms with van der Waals surface area (Å²) in [6.07, 6.45) is 3.65. The van der Waals surface area contributed by atoms with E-state index in [9.17, 15) is 8.42 Å². The first-order valence-corrected chi connectivity index (χ1v) is 9.06. The number of anilines is 1. The van der Waals surface area contributed by atoms with Gasteiger partial charge in [0.25, 0.3) is 10.0 Å². The minimum Gasteiger partial charge on any atom is -0.269 e. The summed E-state index contributed by atoms with van der Waals surface area (Å²) in [6, 6.07) is 1.88. The van der Waals surface area contributed by atoms with Crippen LogP contribution in [0.5, 0.6) is 0 Å². The molecule has 0 aromatic carbocycles. The zero-order valence-corrected chi connectivity index (χ0v) is 15.3. The molecule has 0 radical (unpaired) electrons. The van der Waals surface area contributed by atoms with Gasteiger partial charge in [-0.05, 0) is 25.7 Å². The minimum atomic E-state index is -3.67. The fraction of sp³-hybridized carbons (Fsp3) is 0.600. The van der Waals surface area contributed by atoms with Gasteiger partial charge in [0.2, 0.25) is 0 Å². The minimum absolute atomic E-state index is 0.0862. The van der Waals surface area contributed by atoms with E-state index in [2.05, 4.69) is 35.7 Å².